The summed E-state index contributed by atoms with van der Waals surface area (Å²) in [6.45, 7) is 5.16. The van der Waals surface area contributed by atoms with Crippen molar-refractivity contribution in [3.8, 4) is 5.75 Å². The van der Waals surface area contributed by atoms with Crippen molar-refractivity contribution in [2.45, 2.75) is 13.0 Å². The predicted molar refractivity (Wildman–Crippen MR) is 75.5 cm³/mol. The van der Waals surface area contributed by atoms with Crippen LogP contribution in [-0.2, 0) is 6.54 Å². The van der Waals surface area contributed by atoms with Gasteiger partial charge in [-0.3, -0.25) is 0 Å². The molecule has 0 saturated carbocycles. The minimum atomic E-state index is 0.873. The van der Waals surface area contributed by atoms with Crippen LogP contribution in [0.3, 0.4) is 0 Å². The van der Waals surface area contributed by atoms with Crippen molar-refractivity contribution in [3.63, 3.8) is 0 Å². The normalized spacial score (nSPS) is 16.4. The minimum Gasteiger partial charge on any atom is -0.495 e. The van der Waals surface area contributed by atoms with E-state index in [1.54, 1.807) is 7.11 Å². The van der Waals surface area contributed by atoms with E-state index in [0.29, 0.717) is 0 Å². The first kappa shape index (κ1) is 13.2. The number of ether oxygens (including phenoxy) is 1. The summed E-state index contributed by atoms with van der Waals surface area (Å²) in [7, 11) is 3.71. The van der Waals surface area contributed by atoms with E-state index in [2.05, 4.69) is 33.7 Å². The molecule has 2 rings (SSSR count). The highest BCUT2D eigenvalue weighted by Gasteiger charge is 2.14. The molecule has 0 amide bonds. The van der Waals surface area contributed by atoms with Crippen molar-refractivity contribution in [1.82, 2.24) is 10.6 Å². The number of methoxy groups -OCH3 is 1. The Hall–Kier alpha value is -1.26. The van der Waals surface area contributed by atoms with Crippen LogP contribution in [0.25, 0.3) is 0 Å². The van der Waals surface area contributed by atoms with E-state index in [1.807, 2.05) is 7.05 Å². The number of rotatable bonds is 4. The fourth-order valence-electron chi connectivity index (χ4n) is 2.38. The average molecular weight is 249 g/mol. The van der Waals surface area contributed by atoms with Gasteiger partial charge in [-0.25, -0.2) is 0 Å². The second-order valence-corrected chi connectivity index (χ2v) is 4.63. The van der Waals surface area contributed by atoms with Crippen molar-refractivity contribution in [2.75, 3.05) is 45.2 Å². The van der Waals surface area contributed by atoms with E-state index >= 15 is 0 Å². The van der Waals surface area contributed by atoms with E-state index < -0.39 is 0 Å². The Labute approximate surface area is 109 Å². The van der Waals surface area contributed by atoms with Crippen LogP contribution in [0.2, 0.25) is 0 Å². The van der Waals surface area contributed by atoms with Gasteiger partial charge in [0.25, 0.3) is 0 Å². The second kappa shape index (κ2) is 6.61. The van der Waals surface area contributed by atoms with Crippen molar-refractivity contribution in [2.24, 2.45) is 0 Å². The SMILES string of the molecule is CNCc1ccc(N2CCCNCC2)c(OC)c1. The van der Waals surface area contributed by atoms with E-state index in [0.717, 1.165) is 38.5 Å². The summed E-state index contributed by atoms with van der Waals surface area (Å²) in [5.74, 6) is 0.977. The Balaban J connectivity index is 2.19. The van der Waals surface area contributed by atoms with Crippen LogP contribution in [0.4, 0.5) is 5.69 Å². The first-order chi connectivity index (χ1) is 8.85. The van der Waals surface area contributed by atoms with Gasteiger partial charge < -0.3 is 20.3 Å². The van der Waals surface area contributed by atoms with Gasteiger partial charge in [0.05, 0.1) is 12.8 Å². The topological polar surface area (TPSA) is 36.5 Å². The van der Waals surface area contributed by atoms with Crippen molar-refractivity contribution in [3.05, 3.63) is 23.8 Å². The van der Waals surface area contributed by atoms with Crippen LogP contribution in [0.15, 0.2) is 18.2 Å². The molecule has 1 fully saturated rings. The maximum absolute atomic E-state index is 5.54. The summed E-state index contributed by atoms with van der Waals surface area (Å²) in [5, 5.41) is 6.59. The Morgan fingerprint density at radius 1 is 1.33 bits per heavy atom. The molecule has 1 aromatic carbocycles. The molecule has 0 unspecified atom stereocenters. The first-order valence-electron chi connectivity index (χ1n) is 6.62. The lowest BCUT2D eigenvalue weighted by atomic mass is 10.1. The lowest BCUT2D eigenvalue weighted by Crippen LogP contribution is -2.28. The maximum Gasteiger partial charge on any atom is 0.142 e. The van der Waals surface area contributed by atoms with Crippen LogP contribution >= 0.6 is 0 Å². The van der Waals surface area contributed by atoms with Gasteiger partial charge in [-0.05, 0) is 37.7 Å². The Kier molecular flexibility index (Phi) is 4.84. The van der Waals surface area contributed by atoms with Crippen LogP contribution in [-0.4, -0.2) is 40.3 Å². The standard InChI is InChI=1S/C14H23N3O/c1-15-11-12-4-5-13(14(10-12)18-2)17-8-3-6-16-7-9-17/h4-5,10,15-16H,3,6-9,11H2,1-2H3. The molecule has 1 saturated heterocycles. The monoisotopic (exact) mass is 249 g/mol. The zero-order valence-corrected chi connectivity index (χ0v) is 11.3. The molecular weight excluding hydrogens is 226 g/mol. The van der Waals surface area contributed by atoms with Gasteiger partial charge in [-0.1, -0.05) is 6.07 Å². The summed E-state index contributed by atoms with van der Waals surface area (Å²) < 4.78 is 5.54. The van der Waals surface area contributed by atoms with Gasteiger partial charge in [-0.2, -0.15) is 0 Å². The third kappa shape index (κ3) is 3.15. The summed E-state index contributed by atoms with van der Waals surface area (Å²) in [4.78, 5) is 2.40. The van der Waals surface area contributed by atoms with Gasteiger partial charge in [0, 0.05) is 26.2 Å². The van der Waals surface area contributed by atoms with E-state index in [4.69, 9.17) is 4.74 Å². The predicted octanol–water partition coefficient (Wildman–Crippen LogP) is 1.21. The van der Waals surface area contributed by atoms with Crippen molar-refractivity contribution < 1.29 is 4.74 Å². The molecule has 0 aliphatic carbocycles. The van der Waals surface area contributed by atoms with Crippen LogP contribution < -0.4 is 20.3 Å². The van der Waals surface area contributed by atoms with Crippen molar-refractivity contribution >= 4 is 5.69 Å². The smallest absolute Gasteiger partial charge is 0.142 e. The summed E-state index contributed by atoms with van der Waals surface area (Å²) in [6.07, 6.45) is 1.18. The summed E-state index contributed by atoms with van der Waals surface area (Å²) in [5.41, 5.74) is 2.46. The van der Waals surface area contributed by atoms with Crippen molar-refractivity contribution in [1.29, 1.82) is 0 Å². The molecule has 0 aromatic heterocycles. The van der Waals surface area contributed by atoms with Gasteiger partial charge in [-0.15, -0.1) is 0 Å². The Morgan fingerprint density at radius 2 is 2.22 bits per heavy atom. The van der Waals surface area contributed by atoms with Crippen LogP contribution in [0.1, 0.15) is 12.0 Å². The zero-order chi connectivity index (χ0) is 12.8. The first-order valence-corrected chi connectivity index (χ1v) is 6.62. The van der Waals surface area contributed by atoms with Gasteiger partial charge in [0.2, 0.25) is 0 Å². The highest BCUT2D eigenvalue weighted by atomic mass is 16.5. The number of hydrogen-bond acceptors (Lipinski definition) is 4. The maximum atomic E-state index is 5.54. The average Bonchev–Trinajstić information content (AvgIpc) is 2.68. The molecule has 0 radical (unpaired) electrons. The fraction of sp³-hybridized carbons (Fsp3) is 0.571. The second-order valence-electron chi connectivity index (χ2n) is 4.63. The minimum absolute atomic E-state index is 0.873. The third-order valence-electron chi connectivity index (χ3n) is 3.31. The molecule has 18 heavy (non-hydrogen) atoms. The van der Waals surface area contributed by atoms with E-state index in [1.165, 1.54) is 17.7 Å². The largest absolute Gasteiger partial charge is 0.495 e. The quantitative estimate of drug-likeness (QED) is 0.841. The molecule has 4 nitrogen and oxygen atoms in total. The summed E-state index contributed by atoms with van der Waals surface area (Å²) >= 11 is 0. The highest BCUT2D eigenvalue weighted by Crippen LogP contribution is 2.29. The summed E-state index contributed by atoms with van der Waals surface area (Å²) in [6, 6.07) is 6.48. The molecule has 0 spiro atoms. The Morgan fingerprint density at radius 3 is 3.00 bits per heavy atom. The number of benzene rings is 1. The van der Waals surface area contributed by atoms with E-state index in [9.17, 15) is 0 Å². The van der Waals surface area contributed by atoms with Gasteiger partial charge >= 0.3 is 0 Å². The van der Waals surface area contributed by atoms with Gasteiger partial charge in [0.15, 0.2) is 0 Å². The molecule has 1 aliphatic heterocycles. The molecule has 1 aliphatic rings. The number of hydrogen-bond donors (Lipinski definition) is 2. The highest BCUT2D eigenvalue weighted by molar-refractivity contribution is 5.60. The number of nitrogens with zero attached hydrogens (tertiary/aromatic N) is 1. The fourth-order valence-corrected chi connectivity index (χ4v) is 2.38. The zero-order valence-electron chi connectivity index (χ0n) is 11.3. The molecule has 0 bridgehead atoms. The molecule has 0 atom stereocenters. The molecular formula is C14H23N3O. The third-order valence-corrected chi connectivity index (χ3v) is 3.31. The molecule has 4 heteroatoms. The van der Waals surface area contributed by atoms with E-state index in [-0.39, 0.29) is 0 Å². The lowest BCUT2D eigenvalue weighted by Gasteiger charge is -2.24. The number of anilines is 1. The molecule has 1 heterocycles. The Bertz CT molecular complexity index is 373. The molecule has 2 N–H and O–H groups in total. The molecule has 100 valence electrons. The number of nitrogens with one attached hydrogen (secondary N) is 2. The van der Waals surface area contributed by atoms with Crippen LogP contribution in [0, 0.1) is 0 Å². The lowest BCUT2D eigenvalue weighted by molar-refractivity contribution is 0.413. The van der Waals surface area contributed by atoms with Crippen LogP contribution in [0.5, 0.6) is 5.75 Å². The molecule has 1 aromatic rings. The van der Waals surface area contributed by atoms with Gasteiger partial charge in [0.1, 0.15) is 5.75 Å².